The van der Waals surface area contributed by atoms with Crippen LogP contribution < -0.4 is 10.0 Å². The number of fused-ring (bicyclic) bond motifs is 1. The van der Waals surface area contributed by atoms with Gasteiger partial charge in [-0.15, -0.1) is 0 Å². The lowest BCUT2D eigenvalue weighted by molar-refractivity contribution is 0.448. The summed E-state index contributed by atoms with van der Waals surface area (Å²) in [6, 6.07) is 6.26. The predicted octanol–water partition coefficient (Wildman–Crippen LogP) is 4.61. The van der Waals surface area contributed by atoms with E-state index in [4.69, 9.17) is 0 Å². The van der Waals surface area contributed by atoms with Crippen LogP contribution >= 0.6 is 0 Å². The molecule has 3 aromatic rings. The summed E-state index contributed by atoms with van der Waals surface area (Å²) in [6.45, 7) is 3.64. The first-order chi connectivity index (χ1) is 14.2. The SMILES string of the molecule is CCC(C)NS(=O)(=O)c1ccc2c(c1)c(Nc1cc(F)c(F)c(F)c1)nn2C1CC1. The van der Waals surface area contributed by atoms with Gasteiger partial charge in [0, 0.05) is 29.2 Å². The van der Waals surface area contributed by atoms with E-state index in [1.807, 2.05) is 6.92 Å². The van der Waals surface area contributed by atoms with Gasteiger partial charge >= 0.3 is 0 Å². The summed E-state index contributed by atoms with van der Waals surface area (Å²) in [5, 5.41) is 7.76. The Morgan fingerprint density at radius 2 is 1.83 bits per heavy atom. The zero-order valence-corrected chi connectivity index (χ0v) is 17.2. The first-order valence-electron chi connectivity index (χ1n) is 9.65. The van der Waals surface area contributed by atoms with Crippen LogP contribution in [0, 0.1) is 17.5 Å². The highest BCUT2D eigenvalue weighted by Crippen LogP contribution is 2.39. The van der Waals surface area contributed by atoms with Crippen molar-refractivity contribution in [1.82, 2.24) is 14.5 Å². The molecule has 0 radical (unpaired) electrons. The van der Waals surface area contributed by atoms with E-state index >= 15 is 0 Å². The number of nitrogens with zero attached hydrogens (tertiary/aromatic N) is 2. The summed E-state index contributed by atoms with van der Waals surface area (Å²) < 4.78 is 70.2. The molecule has 4 rings (SSSR count). The molecule has 0 amide bonds. The second kappa shape index (κ2) is 7.59. The lowest BCUT2D eigenvalue weighted by Gasteiger charge is -2.12. The molecule has 1 heterocycles. The van der Waals surface area contributed by atoms with E-state index < -0.39 is 27.5 Å². The van der Waals surface area contributed by atoms with Gasteiger partial charge in [0.1, 0.15) is 0 Å². The number of sulfonamides is 1. The van der Waals surface area contributed by atoms with Gasteiger partial charge in [-0.25, -0.2) is 26.3 Å². The van der Waals surface area contributed by atoms with E-state index in [0.29, 0.717) is 17.3 Å². The maximum absolute atomic E-state index is 13.6. The van der Waals surface area contributed by atoms with Crippen LogP contribution in [0.1, 0.15) is 39.2 Å². The minimum atomic E-state index is -3.75. The van der Waals surface area contributed by atoms with E-state index in [1.54, 1.807) is 17.7 Å². The van der Waals surface area contributed by atoms with Crippen LogP contribution in [-0.2, 0) is 10.0 Å². The fourth-order valence-electron chi connectivity index (χ4n) is 3.16. The normalized spacial score (nSPS) is 15.5. The third kappa shape index (κ3) is 3.89. The molecule has 1 aromatic heterocycles. The Labute approximate surface area is 172 Å². The maximum Gasteiger partial charge on any atom is 0.240 e. The molecule has 1 aliphatic carbocycles. The zero-order chi connectivity index (χ0) is 21.6. The minimum Gasteiger partial charge on any atom is -0.338 e. The number of hydrogen-bond acceptors (Lipinski definition) is 4. The molecule has 0 aliphatic heterocycles. The topological polar surface area (TPSA) is 76.0 Å². The van der Waals surface area contributed by atoms with Gasteiger partial charge < -0.3 is 5.32 Å². The standard InChI is InChI=1S/C20H21F3N4O2S/c1-3-11(2)26-30(28,29)14-6-7-18-15(10-14)20(25-27(18)13-4-5-13)24-12-8-16(21)19(23)17(22)9-12/h6-11,13,26H,3-5H2,1-2H3,(H,24,25). The number of hydrogen-bond donors (Lipinski definition) is 2. The molecule has 10 heteroatoms. The van der Waals surface area contributed by atoms with E-state index in [9.17, 15) is 21.6 Å². The maximum atomic E-state index is 13.6. The molecule has 2 aromatic carbocycles. The van der Waals surface area contributed by atoms with Crippen LogP contribution in [0.4, 0.5) is 24.7 Å². The average molecular weight is 438 g/mol. The fraction of sp³-hybridized carbons (Fsp3) is 0.350. The minimum absolute atomic E-state index is 0.0280. The third-order valence-corrected chi connectivity index (χ3v) is 6.68. The molecular formula is C20H21F3N4O2S. The van der Waals surface area contributed by atoms with Gasteiger partial charge in [0.2, 0.25) is 10.0 Å². The smallest absolute Gasteiger partial charge is 0.240 e. The van der Waals surface area contributed by atoms with Crippen LogP contribution in [0.15, 0.2) is 35.2 Å². The lowest BCUT2D eigenvalue weighted by atomic mass is 10.2. The van der Waals surface area contributed by atoms with E-state index in [-0.39, 0.29) is 28.5 Å². The Balaban J connectivity index is 1.79. The molecule has 1 aliphatic rings. The lowest BCUT2D eigenvalue weighted by Crippen LogP contribution is -2.31. The number of rotatable bonds is 7. The van der Waals surface area contributed by atoms with Crippen LogP contribution in [0.2, 0.25) is 0 Å². The highest BCUT2D eigenvalue weighted by molar-refractivity contribution is 7.89. The quantitative estimate of drug-likeness (QED) is 0.529. The summed E-state index contributed by atoms with van der Waals surface area (Å²) in [7, 11) is -3.75. The number of nitrogens with one attached hydrogen (secondary N) is 2. The summed E-state index contributed by atoms with van der Waals surface area (Å²) in [5.74, 6) is -3.98. The van der Waals surface area contributed by atoms with Crippen molar-refractivity contribution in [3.05, 3.63) is 47.8 Å². The molecule has 1 unspecified atom stereocenters. The average Bonchev–Trinajstić information content (AvgIpc) is 3.48. The Morgan fingerprint density at radius 3 is 2.43 bits per heavy atom. The van der Waals surface area contributed by atoms with Crippen molar-refractivity contribution in [2.75, 3.05) is 5.32 Å². The molecular weight excluding hydrogens is 417 g/mol. The van der Waals surface area contributed by atoms with Crippen LogP contribution in [-0.4, -0.2) is 24.2 Å². The molecule has 30 heavy (non-hydrogen) atoms. The third-order valence-electron chi connectivity index (χ3n) is 5.10. The Bertz CT molecular complexity index is 1200. The summed E-state index contributed by atoms with van der Waals surface area (Å²) in [4.78, 5) is 0.0603. The summed E-state index contributed by atoms with van der Waals surface area (Å²) in [5.41, 5.74) is 0.672. The fourth-order valence-corrected chi connectivity index (χ4v) is 4.51. The van der Waals surface area contributed by atoms with Crippen molar-refractivity contribution < 1.29 is 21.6 Å². The summed E-state index contributed by atoms with van der Waals surface area (Å²) >= 11 is 0. The highest BCUT2D eigenvalue weighted by atomic mass is 32.2. The molecule has 0 bridgehead atoms. The van der Waals surface area contributed by atoms with Crippen LogP contribution in [0.25, 0.3) is 10.9 Å². The largest absolute Gasteiger partial charge is 0.338 e. The van der Waals surface area contributed by atoms with Gasteiger partial charge in [0.05, 0.1) is 16.5 Å². The van der Waals surface area contributed by atoms with Crippen molar-refractivity contribution in [3.8, 4) is 0 Å². The molecule has 1 atom stereocenters. The second-order valence-electron chi connectivity index (χ2n) is 7.51. The van der Waals surface area contributed by atoms with Crippen LogP contribution in [0.3, 0.4) is 0 Å². The number of halogens is 3. The first-order valence-corrected chi connectivity index (χ1v) is 11.1. The van der Waals surface area contributed by atoms with Crippen molar-refractivity contribution in [2.24, 2.45) is 0 Å². The van der Waals surface area contributed by atoms with Gasteiger partial charge in [0.15, 0.2) is 23.3 Å². The molecule has 0 spiro atoms. The number of benzene rings is 2. The van der Waals surface area contributed by atoms with Gasteiger partial charge in [-0.2, -0.15) is 5.10 Å². The highest BCUT2D eigenvalue weighted by Gasteiger charge is 2.28. The van der Waals surface area contributed by atoms with Crippen molar-refractivity contribution in [1.29, 1.82) is 0 Å². The molecule has 1 fully saturated rings. The number of anilines is 2. The zero-order valence-electron chi connectivity index (χ0n) is 16.4. The monoisotopic (exact) mass is 438 g/mol. The van der Waals surface area contributed by atoms with Gasteiger partial charge in [0.25, 0.3) is 0 Å². The molecule has 0 saturated heterocycles. The molecule has 160 valence electrons. The van der Waals surface area contributed by atoms with Crippen molar-refractivity contribution in [3.63, 3.8) is 0 Å². The first kappa shape index (κ1) is 20.7. The number of aromatic nitrogens is 2. The van der Waals surface area contributed by atoms with Crippen LogP contribution in [0.5, 0.6) is 0 Å². The molecule has 6 nitrogen and oxygen atoms in total. The van der Waals surface area contributed by atoms with Crippen molar-refractivity contribution >= 4 is 32.4 Å². The Morgan fingerprint density at radius 1 is 1.17 bits per heavy atom. The Hall–Kier alpha value is -2.59. The molecule has 1 saturated carbocycles. The van der Waals surface area contributed by atoms with E-state index in [2.05, 4.69) is 15.1 Å². The van der Waals surface area contributed by atoms with Crippen molar-refractivity contribution in [2.45, 2.75) is 50.1 Å². The predicted molar refractivity (Wildman–Crippen MR) is 108 cm³/mol. The van der Waals surface area contributed by atoms with E-state index in [1.165, 1.54) is 12.1 Å². The Kier molecular flexibility index (Phi) is 5.23. The second-order valence-corrected chi connectivity index (χ2v) is 9.23. The van der Waals surface area contributed by atoms with Gasteiger partial charge in [-0.05, 0) is 44.4 Å². The van der Waals surface area contributed by atoms with Gasteiger partial charge in [-0.1, -0.05) is 6.92 Å². The van der Waals surface area contributed by atoms with Gasteiger partial charge in [-0.3, -0.25) is 4.68 Å². The molecule has 2 N–H and O–H groups in total. The van der Waals surface area contributed by atoms with E-state index in [0.717, 1.165) is 25.0 Å². The summed E-state index contributed by atoms with van der Waals surface area (Å²) in [6.07, 6.45) is 2.51.